The summed E-state index contributed by atoms with van der Waals surface area (Å²) < 4.78 is 7.23. The summed E-state index contributed by atoms with van der Waals surface area (Å²) in [7, 11) is 0. The van der Waals surface area contributed by atoms with Gasteiger partial charge in [0.1, 0.15) is 4.83 Å². The summed E-state index contributed by atoms with van der Waals surface area (Å²) in [6.45, 7) is 11.0. The first-order chi connectivity index (χ1) is 30.3. The summed E-state index contributed by atoms with van der Waals surface area (Å²) in [6, 6.07) is 58.4. The third-order valence-electron chi connectivity index (χ3n) is 12.0. The van der Waals surface area contributed by atoms with Crippen LogP contribution in [-0.4, -0.2) is 37.4 Å². The molecule has 0 N–H and O–H groups in total. The summed E-state index contributed by atoms with van der Waals surface area (Å²) in [5, 5.41) is 4.89. The molecule has 0 spiro atoms. The number of aryl methyl sites for hydroxylation is 2. The zero-order chi connectivity index (χ0) is 43.6. The molecule has 0 bridgehead atoms. The van der Waals surface area contributed by atoms with E-state index in [1.807, 2.05) is 19.1 Å². The van der Waals surface area contributed by atoms with Crippen molar-refractivity contribution in [3.8, 4) is 34.0 Å². The molecule has 319 valence electrons. The first kappa shape index (κ1) is 43.5. The van der Waals surface area contributed by atoms with E-state index in [4.69, 9.17) is 15.0 Å². The van der Waals surface area contributed by atoms with Crippen molar-refractivity contribution in [3.05, 3.63) is 181 Å². The second-order valence-corrected chi connectivity index (χ2v) is 30.1. The van der Waals surface area contributed by atoms with Crippen molar-refractivity contribution >= 4 is 82.1 Å². The van der Waals surface area contributed by atoms with Gasteiger partial charge in [-0.3, -0.25) is 4.98 Å². The summed E-state index contributed by atoms with van der Waals surface area (Å²) in [5.74, 6) is 8.16. The Balaban J connectivity index is 0.000000160. The summed E-state index contributed by atoms with van der Waals surface area (Å²) in [5.41, 5.74) is 13.6. The number of imidazole rings is 1. The second kappa shape index (κ2) is 17.0. The van der Waals surface area contributed by atoms with Crippen LogP contribution in [0.4, 0.5) is 0 Å². The van der Waals surface area contributed by atoms with Crippen LogP contribution in [0.15, 0.2) is 152 Å². The molecule has 5 aromatic heterocycles. The van der Waals surface area contributed by atoms with Gasteiger partial charge in [-0.15, -0.1) is 18.2 Å². The van der Waals surface area contributed by atoms with Crippen molar-refractivity contribution in [3.63, 3.8) is 0 Å². The van der Waals surface area contributed by atoms with Crippen LogP contribution < -0.4 is 4.40 Å². The van der Waals surface area contributed by atoms with Crippen molar-refractivity contribution in [2.45, 2.75) is 57.3 Å². The molecule has 0 saturated heterocycles. The number of para-hydroxylation sites is 4. The van der Waals surface area contributed by atoms with Crippen LogP contribution in [0.3, 0.4) is 0 Å². The van der Waals surface area contributed by atoms with Crippen LogP contribution in [0.25, 0.3) is 87.2 Å². The van der Waals surface area contributed by atoms with Gasteiger partial charge in [0, 0.05) is 31.5 Å². The zero-order valence-corrected chi connectivity index (χ0v) is 42.7. The van der Waals surface area contributed by atoms with Crippen molar-refractivity contribution < 1.29 is 20.1 Å². The number of nitrogens with zero attached hydrogens (tertiary/aromatic N) is 5. The molecule has 0 amide bonds. The molecule has 11 rings (SSSR count). The zero-order valence-electron chi connectivity index (χ0n) is 37.4. The molecule has 5 nitrogen and oxygen atoms in total. The maximum atomic E-state index is 5.09. The van der Waals surface area contributed by atoms with Crippen molar-refractivity contribution in [2.75, 3.05) is 0 Å². The number of aromatic nitrogens is 5. The normalized spacial score (nSPS) is 11.9. The van der Waals surface area contributed by atoms with Crippen LogP contribution in [0.2, 0.25) is 17.3 Å². The molecule has 0 aliphatic rings. The Kier molecular flexibility index (Phi) is 11.6. The van der Waals surface area contributed by atoms with Gasteiger partial charge in [0.15, 0.2) is 0 Å². The maximum absolute atomic E-state index is 5.09. The number of benzene rings is 6. The molecule has 64 heavy (non-hydrogen) atoms. The van der Waals surface area contributed by atoms with Gasteiger partial charge in [-0.25, -0.2) is 4.98 Å². The van der Waals surface area contributed by atoms with Gasteiger partial charge < -0.3 is 4.57 Å². The molecule has 0 aliphatic carbocycles. The smallest absolute Gasteiger partial charge is 0.113 e. The van der Waals surface area contributed by atoms with Crippen LogP contribution in [0, 0.1) is 26.0 Å². The molecule has 0 atom stereocenters. The molecule has 1 radical (unpaired) electrons. The molecule has 0 fully saturated rings. The third kappa shape index (κ3) is 7.94. The molecule has 0 aliphatic heterocycles. The van der Waals surface area contributed by atoms with Gasteiger partial charge in [-0.2, -0.15) is 11.3 Å². The fraction of sp³-hybridized carbons (Fsp3) is 0.161. The molecule has 5 heterocycles. The Labute approximate surface area is 395 Å². The van der Waals surface area contributed by atoms with E-state index >= 15 is 0 Å². The van der Waals surface area contributed by atoms with Gasteiger partial charge in [0.25, 0.3) is 0 Å². The summed E-state index contributed by atoms with van der Waals surface area (Å²) in [4.78, 5) is 15.8. The van der Waals surface area contributed by atoms with Crippen molar-refractivity contribution in [1.82, 2.24) is 24.1 Å². The molecular formula is C56H49GeIrN5S-2. The van der Waals surface area contributed by atoms with E-state index in [2.05, 4.69) is 206 Å². The summed E-state index contributed by atoms with van der Waals surface area (Å²) in [6.07, 6.45) is 2.11. The number of hydrogen-bond donors (Lipinski definition) is 0. The van der Waals surface area contributed by atoms with Gasteiger partial charge in [-0.1, -0.05) is 68.1 Å². The van der Waals surface area contributed by atoms with E-state index in [9.17, 15) is 0 Å². The minimum absolute atomic E-state index is 0. The minimum atomic E-state index is -1.91. The van der Waals surface area contributed by atoms with Gasteiger partial charge in [-0.05, 0) is 58.3 Å². The van der Waals surface area contributed by atoms with E-state index in [-0.39, 0.29) is 25.5 Å². The van der Waals surface area contributed by atoms with E-state index in [1.54, 1.807) is 11.3 Å². The molecule has 11 aromatic rings. The predicted octanol–water partition coefficient (Wildman–Crippen LogP) is 14.4. The summed E-state index contributed by atoms with van der Waals surface area (Å²) >= 11 is -0.189. The molecule has 8 heteroatoms. The van der Waals surface area contributed by atoms with Crippen LogP contribution in [0.1, 0.15) is 37.6 Å². The molecule has 0 unspecified atom stereocenters. The molecule has 6 aromatic carbocycles. The third-order valence-corrected chi connectivity index (χ3v) is 17.6. The Bertz CT molecular complexity index is 3500. The predicted molar refractivity (Wildman–Crippen MR) is 270 cm³/mol. The number of fused-ring (bicyclic) bond motifs is 7. The fourth-order valence-corrected chi connectivity index (χ4v) is 13.6. The Morgan fingerprint density at radius 3 is 2.06 bits per heavy atom. The molecule has 0 saturated carbocycles. The number of hydrogen-bond acceptors (Lipinski definition) is 4. The van der Waals surface area contributed by atoms with Gasteiger partial charge >= 0.3 is 175 Å². The minimum Gasteiger partial charge on any atom is -0.333 e. The standard InChI is InChI=1S/C29H24N3S.C27H25GeN2.Ir/c1-18-12-17-22-21-8-7-9-23(26(21)33-28(22)30-18)27-31-24-10-5-6-11-25(24)32(27)20-15-13-19(14-16-20)29(2,3)4;1-19-16-25(29-18-24(19)28(2,3)4)20-14-15-27-23(17-20)22-12-8-9-13-26(22)30(27)21-10-6-5-7-11-21;/h5-8,10-17H,1-4H3;5-13,15-18H,1-4H3;/q2*-1;. The van der Waals surface area contributed by atoms with E-state index in [0.717, 1.165) is 49.9 Å². The Morgan fingerprint density at radius 1 is 0.625 bits per heavy atom. The van der Waals surface area contributed by atoms with Gasteiger partial charge in [0.05, 0.1) is 16.9 Å². The molecular weight excluding hydrogens is 1040 g/mol. The monoisotopic (exact) mass is 1090 g/mol. The fourth-order valence-electron chi connectivity index (χ4n) is 8.85. The number of pyridine rings is 2. The van der Waals surface area contributed by atoms with E-state index in [0.29, 0.717) is 0 Å². The Morgan fingerprint density at radius 2 is 1.33 bits per heavy atom. The van der Waals surface area contributed by atoms with Crippen LogP contribution in [0.5, 0.6) is 0 Å². The van der Waals surface area contributed by atoms with E-state index < -0.39 is 13.3 Å². The van der Waals surface area contributed by atoms with Crippen molar-refractivity contribution in [1.29, 1.82) is 0 Å². The van der Waals surface area contributed by atoms with E-state index in [1.165, 1.54) is 58.5 Å². The van der Waals surface area contributed by atoms with Crippen LogP contribution >= 0.6 is 11.3 Å². The van der Waals surface area contributed by atoms with Crippen molar-refractivity contribution in [2.24, 2.45) is 0 Å². The quantitative estimate of drug-likeness (QED) is 0.127. The SMILES string of the molecule is Cc1cc(-c2[c-]cc3c(c2)c2ccccc2n3-c2ccccc2)nc[c]1[Ge]([CH3])([CH3])[CH3].Cc1ccc2c(n1)sc1c(-c3nc4ccccc4n3-c3ccc(C(C)(C)C)cc3)[c-]ccc12.[Ir]. The van der Waals surface area contributed by atoms with Gasteiger partial charge in [0.2, 0.25) is 0 Å². The number of thiophene rings is 1. The van der Waals surface area contributed by atoms with Crippen LogP contribution in [-0.2, 0) is 25.5 Å². The Hall–Kier alpha value is -5.70. The first-order valence-corrected chi connectivity index (χ1v) is 29.8. The largest absolute Gasteiger partial charge is 0.333 e. The first-order valence-electron chi connectivity index (χ1n) is 21.6. The number of rotatable bonds is 5. The topological polar surface area (TPSA) is 48.5 Å². The maximum Gasteiger partial charge on any atom is 0.113 e. The average molecular weight is 1090 g/mol. The second-order valence-electron chi connectivity index (χ2n) is 18.5. The average Bonchev–Trinajstić information content (AvgIpc) is 3.95.